The normalized spacial score (nSPS) is 21.4. The average Bonchev–Trinajstić information content (AvgIpc) is 2.30. The van der Waals surface area contributed by atoms with Crippen LogP contribution in [0.4, 0.5) is 5.82 Å². The zero-order valence-electron chi connectivity index (χ0n) is 11.8. The third-order valence-electron chi connectivity index (χ3n) is 4.51. The van der Waals surface area contributed by atoms with Crippen LogP contribution in [-0.2, 0) is 6.54 Å². The summed E-state index contributed by atoms with van der Waals surface area (Å²) in [5, 5.41) is 0. The standard InChI is InChI=1S/C13H22N4O/c1-12(2)7-17(13(12,3)4)6-9-10(14)15-8-16-11(9)18-5/h8H,6-7H2,1-5H3,(H2,14,15,16). The summed E-state index contributed by atoms with van der Waals surface area (Å²) in [5.41, 5.74) is 7.25. The van der Waals surface area contributed by atoms with E-state index in [-0.39, 0.29) is 5.54 Å². The molecule has 2 heterocycles. The predicted octanol–water partition coefficient (Wildman–Crippen LogP) is 1.69. The number of likely N-dealkylation sites (tertiary alicyclic amines) is 1. The van der Waals surface area contributed by atoms with Gasteiger partial charge in [-0.25, -0.2) is 9.97 Å². The van der Waals surface area contributed by atoms with Crippen molar-refractivity contribution in [3.63, 3.8) is 0 Å². The van der Waals surface area contributed by atoms with Gasteiger partial charge in [-0.3, -0.25) is 4.90 Å². The lowest BCUT2D eigenvalue weighted by Gasteiger charge is -2.61. The van der Waals surface area contributed by atoms with Gasteiger partial charge in [0.25, 0.3) is 0 Å². The third-order valence-corrected chi connectivity index (χ3v) is 4.51. The molecule has 0 amide bonds. The van der Waals surface area contributed by atoms with Gasteiger partial charge in [-0.2, -0.15) is 0 Å². The monoisotopic (exact) mass is 250 g/mol. The number of methoxy groups -OCH3 is 1. The van der Waals surface area contributed by atoms with Gasteiger partial charge < -0.3 is 10.5 Å². The molecule has 5 heteroatoms. The van der Waals surface area contributed by atoms with E-state index in [1.807, 2.05) is 0 Å². The van der Waals surface area contributed by atoms with Crippen LogP contribution in [0.2, 0.25) is 0 Å². The molecular formula is C13H22N4O. The van der Waals surface area contributed by atoms with Crippen LogP contribution in [-0.4, -0.2) is 34.1 Å². The molecule has 0 unspecified atom stereocenters. The molecule has 0 spiro atoms. The summed E-state index contributed by atoms with van der Waals surface area (Å²) in [6.07, 6.45) is 1.43. The van der Waals surface area contributed by atoms with Crippen LogP contribution in [0, 0.1) is 5.41 Å². The number of hydrogen-bond acceptors (Lipinski definition) is 5. The Labute approximate surface area is 108 Å². The maximum atomic E-state index is 5.92. The lowest BCUT2D eigenvalue weighted by Crippen LogP contribution is -2.68. The van der Waals surface area contributed by atoms with Crippen LogP contribution >= 0.6 is 0 Å². The summed E-state index contributed by atoms with van der Waals surface area (Å²) in [6.45, 7) is 10.8. The molecule has 1 aromatic heterocycles. The number of nitrogens with zero attached hydrogens (tertiary/aromatic N) is 3. The minimum atomic E-state index is 0.139. The Balaban J connectivity index is 2.22. The van der Waals surface area contributed by atoms with Crippen LogP contribution in [0.3, 0.4) is 0 Å². The first-order valence-corrected chi connectivity index (χ1v) is 6.18. The number of hydrogen-bond donors (Lipinski definition) is 1. The number of nitrogens with two attached hydrogens (primary N) is 1. The first-order valence-electron chi connectivity index (χ1n) is 6.18. The topological polar surface area (TPSA) is 64.3 Å². The van der Waals surface area contributed by atoms with E-state index >= 15 is 0 Å². The molecule has 0 atom stereocenters. The summed E-state index contributed by atoms with van der Waals surface area (Å²) in [7, 11) is 1.61. The van der Waals surface area contributed by atoms with Gasteiger partial charge in [-0.1, -0.05) is 13.8 Å². The Hall–Kier alpha value is -1.36. The van der Waals surface area contributed by atoms with E-state index in [0.29, 0.717) is 17.1 Å². The molecule has 0 aromatic carbocycles. The molecule has 1 fully saturated rings. The highest BCUT2D eigenvalue weighted by molar-refractivity contribution is 5.44. The zero-order chi connectivity index (χ0) is 13.6. The van der Waals surface area contributed by atoms with Crippen molar-refractivity contribution in [1.29, 1.82) is 0 Å². The summed E-state index contributed by atoms with van der Waals surface area (Å²) >= 11 is 0. The first-order chi connectivity index (χ1) is 8.29. The van der Waals surface area contributed by atoms with Gasteiger partial charge in [0.1, 0.15) is 12.1 Å². The van der Waals surface area contributed by atoms with E-state index < -0.39 is 0 Å². The highest BCUT2D eigenvalue weighted by Gasteiger charge is 2.52. The van der Waals surface area contributed by atoms with E-state index in [4.69, 9.17) is 10.5 Å². The quantitative estimate of drug-likeness (QED) is 0.884. The lowest BCUT2D eigenvalue weighted by atomic mass is 9.65. The highest BCUT2D eigenvalue weighted by atomic mass is 16.5. The van der Waals surface area contributed by atoms with Crippen molar-refractivity contribution < 1.29 is 4.74 Å². The average molecular weight is 250 g/mol. The molecule has 1 aliphatic heterocycles. The number of ether oxygens (including phenoxy) is 1. The molecule has 0 radical (unpaired) electrons. The van der Waals surface area contributed by atoms with Gasteiger partial charge in [-0.05, 0) is 19.3 Å². The maximum Gasteiger partial charge on any atom is 0.222 e. The molecular weight excluding hydrogens is 228 g/mol. The van der Waals surface area contributed by atoms with Crippen LogP contribution in [0.1, 0.15) is 33.3 Å². The molecule has 100 valence electrons. The van der Waals surface area contributed by atoms with Crippen LogP contribution in [0.5, 0.6) is 5.88 Å². The second-order valence-corrected chi connectivity index (χ2v) is 6.05. The minimum absolute atomic E-state index is 0.139. The van der Waals surface area contributed by atoms with Gasteiger partial charge in [0.05, 0.1) is 12.7 Å². The number of anilines is 1. The fourth-order valence-corrected chi connectivity index (χ4v) is 2.38. The summed E-state index contributed by atoms with van der Waals surface area (Å²) in [6, 6.07) is 0. The summed E-state index contributed by atoms with van der Waals surface area (Å²) in [4.78, 5) is 10.5. The Morgan fingerprint density at radius 2 is 2.00 bits per heavy atom. The van der Waals surface area contributed by atoms with Gasteiger partial charge in [0.2, 0.25) is 5.88 Å². The smallest absolute Gasteiger partial charge is 0.222 e. The van der Waals surface area contributed by atoms with Crippen molar-refractivity contribution in [1.82, 2.24) is 14.9 Å². The van der Waals surface area contributed by atoms with Crippen molar-refractivity contribution in [3.05, 3.63) is 11.9 Å². The predicted molar refractivity (Wildman–Crippen MR) is 71.3 cm³/mol. The van der Waals surface area contributed by atoms with Crippen molar-refractivity contribution in [2.45, 2.75) is 39.8 Å². The number of rotatable bonds is 3. The molecule has 2 N–H and O–H groups in total. The molecule has 1 aromatic rings. The second-order valence-electron chi connectivity index (χ2n) is 6.05. The number of nitrogen functional groups attached to an aromatic ring is 1. The Bertz CT molecular complexity index is 456. The van der Waals surface area contributed by atoms with E-state index in [9.17, 15) is 0 Å². The molecule has 1 saturated heterocycles. The van der Waals surface area contributed by atoms with Crippen molar-refractivity contribution >= 4 is 5.82 Å². The molecule has 5 nitrogen and oxygen atoms in total. The molecule has 2 rings (SSSR count). The lowest BCUT2D eigenvalue weighted by molar-refractivity contribution is -0.122. The van der Waals surface area contributed by atoms with Gasteiger partial charge in [0.15, 0.2) is 0 Å². The highest BCUT2D eigenvalue weighted by Crippen LogP contribution is 2.47. The second kappa shape index (κ2) is 4.09. The molecule has 0 bridgehead atoms. The zero-order valence-corrected chi connectivity index (χ0v) is 11.8. The fraction of sp³-hybridized carbons (Fsp3) is 0.692. The molecule has 18 heavy (non-hydrogen) atoms. The van der Waals surface area contributed by atoms with E-state index in [0.717, 1.165) is 18.7 Å². The van der Waals surface area contributed by atoms with Gasteiger partial charge >= 0.3 is 0 Å². The van der Waals surface area contributed by atoms with Crippen molar-refractivity contribution in [2.75, 3.05) is 19.4 Å². The summed E-state index contributed by atoms with van der Waals surface area (Å²) < 4.78 is 5.26. The Kier molecular flexibility index (Phi) is 2.97. The first kappa shape index (κ1) is 13.1. The van der Waals surface area contributed by atoms with Crippen LogP contribution in [0.15, 0.2) is 6.33 Å². The maximum absolute atomic E-state index is 5.92. The van der Waals surface area contributed by atoms with E-state index in [2.05, 4.69) is 42.6 Å². The SMILES string of the molecule is COc1ncnc(N)c1CN1CC(C)(C)C1(C)C. The van der Waals surface area contributed by atoms with E-state index in [1.165, 1.54) is 6.33 Å². The number of aromatic nitrogens is 2. The van der Waals surface area contributed by atoms with Gasteiger partial charge in [-0.15, -0.1) is 0 Å². The minimum Gasteiger partial charge on any atom is -0.481 e. The molecule has 0 saturated carbocycles. The van der Waals surface area contributed by atoms with Gasteiger partial charge in [0, 0.05) is 18.6 Å². The van der Waals surface area contributed by atoms with Crippen molar-refractivity contribution in [3.8, 4) is 5.88 Å². The summed E-state index contributed by atoms with van der Waals surface area (Å²) in [5.74, 6) is 1.07. The molecule has 0 aliphatic carbocycles. The van der Waals surface area contributed by atoms with Crippen molar-refractivity contribution in [2.24, 2.45) is 5.41 Å². The largest absolute Gasteiger partial charge is 0.481 e. The van der Waals surface area contributed by atoms with Crippen LogP contribution in [0.25, 0.3) is 0 Å². The van der Waals surface area contributed by atoms with E-state index in [1.54, 1.807) is 7.11 Å². The Morgan fingerprint density at radius 3 is 2.50 bits per heavy atom. The van der Waals surface area contributed by atoms with Crippen LogP contribution < -0.4 is 10.5 Å². The third kappa shape index (κ3) is 1.82. The Morgan fingerprint density at radius 1 is 1.33 bits per heavy atom. The molecule has 1 aliphatic rings. The fourth-order valence-electron chi connectivity index (χ4n) is 2.38.